The van der Waals surface area contributed by atoms with Crippen LogP contribution in [0.4, 0.5) is 0 Å². The van der Waals surface area contributed by atoms with Crippen molar-refractivity contribution in [1.29, 1.82) is 0 Å². The summed E-state index contributed by atoms with van der Waals surface area (Å²) in [6.45, 7) is 8.22. The van der Waals surface area contributed by atoms with Crippen LogP contribution in [0.15, 0.2) is 0 Å². The number of nitrogens with one attached hydrogen (secondary N) is 1. The molecule has 12 heavy (non-hydrogen) atoms. The highest BCUT2D eigenvalue weighted by atomic mass is 14.9. The summed E-state index contributed by atoms with van der Waals surface area (Å²) in [5.74, 6) is 0. The fourth-order valence-corrected chi connectivity index (χ4v) is 2.22. The van der Waals surface area contributed by atoms with E-state index in [0.717, 1.165) is 6.04 Å². The maximum absolute atomic E-state index is 3.63. The third kappa shape index (κ3) is 3.14. The Hall–Kier alpha value is -0.0400. The second-order valence-corrected chi connectivity index (χ2v) is 4.91. The Bertz CT molecular complexity index is 129. The van der Waals surface area contributed by atoms with Crippen molar-refractivity contribution in [2.24, 2.45) is 5.41 Å². The zero-order valence-electron chi connectivity index (χ0n) is 8.82. The summed E-state index contributed by atoms with van der Waals surface area (Å²) in [6, 6.07) is 0.800. The van der Waals surface area contributed by atoms with Gasteiger partial charge in [-0.05, 0) is 37.6 Å². The van der Waals surface area contributed by atoms with Crippen LogP contribution in [0.5, 0.6) is 0 Å². The smallest absolute Gasteiger partial charge is 0.00721 e. The Morgan fingerprint density at radius 1 is 1.42 bits per heavy atom. The number of hydrogen-bond acceptors (Lipinski definition) is 1. The summed E-state index contributed by atoms with van der Waals surface area (Å²) >= 11 is 0. The zero-order chi connectivity index (χ0) is 9.03. The third-order valence-corrected chi connectivity index (χ3v) is 2.89. The van der Waals surface area contributed by atoms with Crippen LogP contribution >= 0.6 is 0 Å². The van der Waals surface area contributed by atoms with Crippen molar-refractivity contribution < 1.29 is 0 Å². The maximum Gasteiger partial charge on any atom is 0.00721 e. The van der Waals surface area contributed by atoms with Gasteiger partial charge in [0.2, 0.25) is 0 Å². The summed E-state index contributed by atoms with van der Waals surface area (Å²) in [7, 11) is 0. The van der Waals surface area contributed by atoms with E-state index in [4.69, 9.17) is 0 Å². The minimum atomic E-state index is 0.587. The first-order valence-corrected chi connectivity index (χ1v) is 5.37. The molecule has 0 amide bonds. The molecule has 0 aliphatic heterocycles. The molecule has 1 rings (SSSR count). The van der Waals surface area contributed by atoms with Gasteiger partial charge in [-0.25, -0.2) is 0 Å². The maximum atomic E-state index is 3.63. The normalized spacial score (nSPS) is 28.8. The minimum Gasteiger partial charge on any atom is -0.314 e. The Balaban J connectivity index is 2.26. The average molecular weight is 169 g/mol. The van der Waals surface area contributed by atoms with E-state index in [1.807, 2.05) is 0 Å². The molecular weight excluding hydrogens is 146 g/mol. The van der Waals surface area contributed by atoms with E-state index in [1.54, 1.807) is 0 Å². The van der Waals surface area contributed by atoms with Gasteiger partial charge in [-0.2, -0.15) is 0 Å². The Morgan fingerprint density at radius 2 is 2.17 bits per heavy atom. The van der Waals surface area contributed by atoms with Crippen LogP contribution in [0, 0.1) is 5.41 Å². The first-order chi connectivity index (χ1) is 5.64. The lowest BCUT2D eigenvalue weighted by Gasteiger charge is -2.35. The van der Waals surface area contributed by atoms with E-state index in [0.29, 0.717) is 5.41 Å². The van der Waals surface area contributed by atoms with E-state index < -0.39 is 0 Å². The predicted molar refractivity (Wildman–Crippen MR) is 54.3 cm³/mol. The van der Waals surface area contributed by atoms with Crippen LogP contribution in [0.3, 0.4) is 0 Å². The van der Waals surface area contributed by atoms with Crippen molar-refractivity contribution in [2.45, 2.75) is 58.9 Å². The second kappa shape index (κ2) is 4.27. The zero-order valence-corrected chi connectivity index (χ0v) is 8.82. The van der Waals surface area contributed by atoms with Crippen molar-refractivity contribution in [1.82, 2.24) is 5.32 Å². The summed E-state index contributed by atoms with van der Waals surface area (Å²) in [5.41, 5.74) is 0.587. The van der Waals surface area contributed by atoms with Gasteiger partial charge < -0.3 is 5.32 Å². The molecule has 72 valence electrons. The highest BCUT2D eigenvalue weighted by molar-refractivity contribution is 4.82. The van der Waals surface area contributed by atoms with Gasteiger partial charge in [0.1, 0.15) is 0 Å². The molecule has 1 fully saturated rings. The topological polar surface area (TPSA) is 12.0 Å². The molecule has 0 aromatic carbocycles. The van der Waals surface area contributed by atoms with Crippen LogP contribution in [0.1, 0.15) is 52.9 Å². The summed E-state index contributed by atoms with van der Waals surface area (Å²) in [4.78, 5) is 0. The van der Waals surface area contributed by atoms with Crippen molar-refractivity contribution in [2.75, 3.05) is 6.54 Å². The lowest BCUT2D eigenvalue weighted by Crippen LogP contribution is -2.37. The van der Waals surface area contributed by atoms with E-state index in [-0.39, 0.29) is 0 Å². The monoisotopic (exact) mass is 169 g/mol. The third-order valence-electron chi connectivity index (χ3n) is 2.89. The molecule has 0 spiro atoms. The molecule has 0 heterocycles. The molecule has 0 unspecified atom stereocenters. The summed E-state index contributed by atoms with van der Waals surface area (Å²) < 4.78 is 0. The van der Waals surface area contributed by atoms with Gasteiger partial charge in [-0.3, -0.25) is 0 Å². The molecule has 1 saturated carbocycles. The van der Waals surface area contributed by atoms with Gasteiger partial charge >= 0.3 is 0 Å². The molecular formula is C11H23N. The van der Waals surface area contributed by atoms with E-state index in [9.17, 15) is 0 Å². The predicted octanol–water partition coefficient (Wildman–Crippen LogP) is 2.95. The van der Waals surface area contributed by atoms with Gasteiger partial charge in [-0.15, -0.1) is 0 Å². The molecule has 1 atom stereocenters. The quantitative estimate of drug-likeness (QED) is 0.685. The minimum absolute atomic E-state index is 0.587. The lowest BCUT2D eigenvalue weighted by atomic mass is 9.75. The second-order valence-electron chi connectivity index (χ2n) is 4.91. The number of rotatable bonds is 3. The summed E-state index contributed by atoms with van der Waals surface area (Å²) in [5, 5.41) is 3.63. The molecule has 1 aliphatic carbocycles. The molecule has 0 saturated heterocycles. The van der Waals surface area contributed by atoms with Crippen LogP contribution in [-0.4, -0.2) is 12.6 Å². The largest absolute Gasteiger partial charge is 0.314 e. The van der Waals surface area contributed by atoms with Crippen molar-refractivity contribution in [3.8, 4) is 0 Å². The van der Waals surface area contributed by atoms with E-state index in [2.05, 4.69) is 26.1 Å². The van der Waals surface area contributed by atoms with Gasteiger partial charge in [0.25, 0.3) is 0 Å². The molecule has 1 N–H and O–H groups in total. The fraction of sp³-hybridized carbons (Fsp3) is 1.00. The summed E-state index contributed by atoms with van der Waals surface area (Å²) in [6.07, 6.45) is 6.85. The van der Waals surface area contributed by atoms with Crippen LogP contribution in [-0.2, 0) is 0 Å². The van der Waals surface area contributed by atoms with Crippen LogP contribution < -0.4 is 5.32 Å². The van der Waals surface area contributed by atoms with Crippen molar-refractivity contribution in [3.63, 3.8) is 0 Å². The molecule has 1 heteroatoms. The molecule has 0 aromatic rings. The van der Waals surface area contributed by atoms with Gasteiger partial charge in [0.15, 0.2) is 0 Å². The van der Waals surface area contributed by atoms with E-state index >= 15 is 0 Å². The molecule has 1 nitrogen and oxygen atoms in total. The average Bonchev–Trinajstić information content (AvgIpc) is 1.99. The van der Waals surface area contributed by atoms with Crippen LogP contribution in [0.2, 0.25) is 0 Å². The van der Waals surface area contributed by atoms with Crippen molar-refractivity contribution >= 4 is 0 Å². The van der Waals surface area contributed by atoms with E-state index in [1.165, 1.54) is 38.6 Å². The molecule has 0 bridgehead atoms. The first kappa shape index (κ1) is 10.0. The Kier molecular flexibility index (Phi) is 3.57. The molecule has 0 aromatic heterocycles. The fourth-order valence-electron chi connectivity index (χ4n) is 2.22. The van der Waals surface area contributed by atoms with Gasteiger partial charge in [-0.1, -0.05) is 27.2 Å². The van der Waals surface area contributed by atoms with Crippen molar-refractivity contribution in [3.05, 3.63) is 0 Å². The highest BCUT2D eigenvalue weighted by Gasteiger charge is 2.27. The molecule has 1 aliphatic rings. The Labute approximate surface area is 76.9 Å². The highest BCUT2D eigenvalue weighted by Crippen LogP contribution is 2.34. The molecule has 0 radical (unpaired) electrons. The van der Waals surface area contributed by atoms with Gasteiger partial charge in [0, 0.05) is 6.04 Å². The van der Waals surface area contributed by atoms with Crippen LogP contribution in [0.25, 0.3) is 0 Å². The Morgan fingerprint density at radius 3 is 2.75 bits per heavy atom. The lowest BCUT2D eigenvalue weighted by molar-refractivity contribution is 0.199. The first-order valence-electron chi connectivity index (χ1n) is 5.37. The SMILES string of the molecule is CCCN[C@H]1CCCC(C)(C)C1. The van der Waals surface area contributed by atoms with Gasteiger partial charge in [0.05, 0.1) is 0 Å². The number of hydrogen-bond donors (Lipinski definition) is 1. The standard InChI is InChI=1S/C11H23N/c1-4-8-12-10-6-5-7-11(2,3)9-10/h10,12H,4-9H2,1-3H3/t10-/m0/s1.